The van der Waals surface area contributed by atoms with E-state index in [-0.39, 0.29) is 5.56 Å². The summed E-state index contributed by atoms with van der Waals surface area (Å²) >= 11 is 1.31. The van der Waals surface area contributed by atoms with Gasteiger partial charge in [0, 0.05) is 17.1 Å². The summed E-state index contributed by atoms with van der Waals surface area (Å²) in [5.74, 6) is 0. The molecule has 0 spiro atoms. The highest BCUT2D eigenvalue weighted by molar-refractivity contribution is 7.12. The van der Waals surface area contributed by atoms with Crippen LogP contribution < -0.4 is 0 Å². The average Bonchev–Trinajstić information content (AvgIpc) is 3.08. The van der Waals surface area contributed by atoms with Gasteiger partial charge in [0.05, 0.1) is 17.5 Å². The first-order valence-corrected chi connectivity index (χ1v) is 6.56. The van der Waals surface area contributed by atoms with Crippen LogP contribution in [0.15, 0.2) is 48.1 Å². The van der Waals surface area contributed by atoms with Crippen LogP contribution in [0, 0.1) is 0 Å². The van der Waals surface area contributed by atoms with Crippen molar-refractivity contribution < 1.29 is 13.2 Å². The monoisotopic (exact) mass is 295 g/mol. The van der Waals surface area contributed by atoms with Gasteiger partial charge in [-0.3, -0.25) is 0 Å². The summed E-state index contributed by atoms with van der Waals surface area (Å²) in [7, 11) is 0. The molecule has 20 heavy (non-hydrogen) atoms. The molecule has 0 saturated carbocycles. The second-order valence-electron chi connectivity index (χ2n) is 3.99. The summed E-state index contributed by atoms with van der Waals surface area (Å²) in [6.45, 7) is 0. The quantitative estimate of drug-likeness (QED) is 0.715. The van der Waals surface area contributed by atoms with Crippen LogP contribution >= 0.6 is 11.3 Å². The number of hydrogen-bond acceptors (Lipinski definition) is 3. The molecule has 0 fully saturated rings. The third-order valence-electron chi connectivity index (χ3n) is 2.75. The van der Waals surface area contributed by atoms with E-state index in [1.165, 1.54) is 34.3 Å². The molecule has 0 unspecified atom stereocenters. The van der Waals surface area contributed by atoms with Crippen LogP contribution in [0.1, 0.15) is 5.56 Å². The molecule has 7 heteroatoms. The number of rotatable bonds is 2. The minimum absolute atomic E-state index is 0.0905. The lowest BCUT2D eigenvalue weighted by molar-refractivity contribution is -0.137. The minimum Gasteiger partial charge on any atom is -0.227 e. The van der Waals surface area contributed by atoms with Crippen molar-refractivity contribution in [1.29, 1.82) is 0 Å². The summed E-state index contributed by atoms with van der Waals surface area (Å²) < 4.78 is 40.6. The second kappa shape index (κ2) is 4.75. The topological polar surface area (TPSA) is 30.7 Å². The first-order chi connectivity index (χ1) is 9.57. The van der Waals surface area contributed by atoms with Crippen molar-refractivity contribution in [2.75, 3.05) is 0 Å². The van der Waals surface area contributed by atoms with Gasteiger partial charge in [-0.15, -0.1) is 11.3 Å². The zero-order valence-corrected chi connectivity index (χ0v) is 10.8. The highest BCUT2D eigenvalue weighted by Gasteiger charge is 2.34. The number of benzene rings is 1. The Balaban J connectivity index is 2.19. The fraction of sp³-hybridized carbons (Fsp3) is 0.0769. The maximum Gasteiger partial charge on any atom is 0.417 e. The molecule has 0 bridgehead atoms. The van der Waals surface area contributed by atoms with E-state index in [1.54, 1.807) is 23.7 Å². The summed E-state index contributed by atoms with van der Waals surface area (Å²) in [5.41, 5.74) is -0.223. The lowest BCUT2D eigenvalue weighted by atomic mass is 10.0. The molecule has 0 radical (unpaired) electrons. The van der Waals surface area contributed by atoms with Gasteiger partial charge in [-0.1, -0.05) is 18.2 Å². The van der Waals surface area contributed by atoms with E-state index < -0.39 is 11.7 Å². The van der Waals surface area contributed by atoms with Gasteiger partial charge in [-0.25, -0.2) is 9.67 Å². The predicted molar refractivity (Wildman–Crippen MR) is 69.7 cm³/mol. The number of thiazole rings is 1. The second-order valence-corrected chi connectivity index (χ2v) is 4.86. The fourth-order valence-electron chi connectivity index (χ4n) is 1.93. The Hall–Kier alpha value is -2.15. The SMILES string of the molecule is FC(F)(F)c1ccccc1-c1ccnn1-c1nccs1. The van der Waals surface area contributed by atoms with E-state index in [9.17, 15) is 13.2 Å². The standard InChI is InChI=1S/C13H8F3N3S/c14-13(15,16)10-4-2-1-3-9(10)11-5-6-18-19(11)12-17-7-8-20-12/h1-8H. The van der Waals surface area contributed by atoms with Gasteiger partial charge < -0.3 is 0 Å². The highest BCUT2D eigenvalue weighted by atomic mass is 32.1. The van der Waals surface area contributed by atoms with E-state index in [4.69, 9.17) is 0 Å². The molecule has 2 aromatic heterocycles. The molecule has 0 aliphatic heterocycles. The smallest absolute Gasteiger partial charge is 0.227 e. The number of halogens is 3. The van der Waals surface area contributed by atoms with Crippen molar-refractivity contribution >= 4 is 11.3 Å². The normalized spacial score (nSPS) is 11.8. The van der Waals surface area contributed by atoms with E-state index in [2.05, 4.69) is 10.1 Å². The van der Waals surface area contributed by atoms with Gasteiger partial charge >= 0.3 is 6.18 Å². The maximum atomic E-state index is 13.1. The molecule has 3 rings (SSSR count). The third-order valence-corrected chi connectivity index (χ3v) is 3.50. The largest absolute Gasteiger partial charge is 0.417 e. The summed E-state index contributed by atoms with van der Waals surface area (Å²) in [5, 5.41) is 6.33. The van der Waals surface area contributed by atoms with E-state index >= 15 is 0 Å². The van der Waals surface area contributed by atoms with Gasteiger partial charge in [-0.05, 0) is 12.1 Å². The Bertz CT molecular complexity index is 717. The van der Waals surface area contributed by atoms with Crippen LogP contribution in [0.25, 0.3) is 16.4 Å². The molecule has 3 aromatic rings. The van der Waals surface area contributed by atoms with Crippen molar-refractivity contribution in [3.8, 4) is 16.4 Å². The van der Waals surface area contributed by atoms with Crippen molar-refractivity contribution in [2.24, 2.45) is 0 Å². The van der Waals surface area contributed by atoms with Gasteiger partial charge in [0.25, 0.3) is 0 Å². The van der Waals surface area contributed by atoms with Crippen molar-refractivity contribution in [3.63, 3.8) is 0 Å². The van der Waals surface area contributed by atoms with Crippen molar-refractivity contribution in [3.05, 3.63) is 53.7 Å². The first-order valence-electron chi connectivity index (χ1n) is 5.68. The van der Waals surface area contributed by atoms with E-state index in [1.807, 2.05) is 0 Å². The Kier molecular flexibility index (Phi) is 3.06. The Morgan fingerprint density at radius 3 is 2.55 bits per heavy atom. The Labute approximate surface area is 116 Å². The maximum absolute atomic E-state index is 13.1. The van der Waals surface area contributed by atoms with Gasteiger partial charge in [0.1, 0.15) is 0 Å². The molecule has 102 valence electrons. The van der Waals surface area contributed by atoms with Crippen LogP contribution in [-0.2, 0) is 6.18 Å². The van der Waals surface area contributed by atoms with Gasteiger partial charge in [0.15, 0.2) is 0 Å². The number of nitrogens with zero attached hydrogens (tertiary/aromatic N) is 3. The third kappa shape index (κ3) is 2.20. The Morgan fingerprint density at radius 2 is 1.85 bits per heavy atom. The first kappa shape index (κ1) is 12.9. The lowest BCUT2D eigenvalue weighted by Crippen LogP contribution is -2.08. The molecule has 1 aromatic carbocycles. The van der Waals surface area contributed by atoms with Crippen LogP contribution in [0.5, 0.6) is 0 Å². The molecule has 0 atom stereocenters. The molecule has 0 amide bonds. The molecule has 0 aliphatic rings. The van der Waals surface area contributed by atoms with E-state index in [0.717, 1.165) is 6.07 Å². The number of aromatic nitrogens is 3. The predicted octanol–water partition coefficient (Wildman–Crippen LogP) is 4.01. The zero-order valence-electron chi connectivity index (χ0n) is 10.0. The molecule has 0 aliphatic carbocycles. The highest BCUT2D eigenvalue weighted by Crippen LogP contribution is 2.37. The van der Waals surface area contributed by atoms with Gasteiger partial charge in [0.2, 0.25) is 5.13 Å². The fourth-order valence-corrected chi connectivity index (χ4v) is 2.54. The Morgan fingerprint density at radius 1 is 1.05 bits per heavy atom. The van der Waals surface area contributed by atoms with E-state index in [0.29, 0.717) is 10.8 Å². The van der Waals surface area contributed by atoms with Crippen molar-refractivity contribution in [1.82, 2.24) is 14.8 Å². The molecule has 0 N–H and O–H groups in total. The molecule has 3 nitrogen and oxygen atoms in total. The molecule has 0 saturated heterocycles. The molecular formula is C13H8F3N3S. The van der Waals surface area contributed by atoms with Crippen LogP contribution in [0.2, 0.25) is 0 Å². The van der Waals surface area contributed by atoms with Crippen molar-refractivity contribution in [2.45, 2.75) is 6.18 Å². The zero-order chi connectivity index (χ0) is 14.2. The average molecular weight is 295 g/mol. The van der Waals surface area contributed by atoms with Crippen LogP contribution in [-0.4, -0.2) is 14.8 Å². The van der Waals surface area contributed by atoms with Gasteiger partial charge in [-0.2, -0.15) is 18.3 Å². The van der Waals surface area contributed by atoms with Crippen LogP contribution in [0.4, 0.5) is 13.2 Å². The summed E-state index contributed by atoms with van der Waals surface area (Å²) in [6, 6.07) is 6.99. The number of hydrogen-bond donors (Lipinski definition) is 0. The molecular weight excluding hydrogens is 287 g/mol. The molecule has 2 heterocycles. The summed E-state index contributed by atoms with van der Waals surface area (Å²) in [4.78, 5) is 4.07. The summed E-state index contributed by atoms with van der Waals surface area (Å²) in [6.07, 6.45) is -1.36. The number of alkyl halides is 3. The van der Waals surface area contributed by atoms with Crippen LogP contribution in [0.3, 0.4) is 0 Å². The minimum atomic E-state index is -4.41. The lowest BCUT2D eigenvalue weighted by Gasteiger charge is -2.13.